The minimum absolute atomic E-state index is 0.300. The van der Waals surface area contributed by atoms with Crippen LogP contribution in [0.4, 0.5) is 0 Å². The summed E-state index contributed by atoms with van der Waals surface area (Å²) in [5.41, 5.74) is 9.17. The fraction of sp³-hybridized carbons (Fsp3) is 0.364. The van der Waals surface area contributed by atoms with Crippen molar-refractivity contribution in [3.8, 4) is 0 Å². The molecule has 0 fully saturated rings. The van der Waals surface area contributed by atoms with Gasteiger partial charge in [-0.2, -0.15) is 0 Å². The lowest BCUT2D eigenvalue weighted by molar-refractivity contribution is -0.119. The lowest BCUT2D eigenvalue weighted by Gasteiger charge is -2.07. The molecule has 0 heterocycles. The van der Waals surface area contributed by atoms with Crippen molar-refractivity contribution in [1.29, 1.82) is 0 Å². The highest BCUT2D eigenvalue weighted by molar-refractivity contribution is 5.80. The van der Waals surface area contributed by atoms with E-state index >= 15 is 0 Å². The van der Waals surface area contributed by atoms with Gasteiger partial charge < -0.3 is 0 Å². The number of amides is 1. The number of aryl methyl sites for hydroxylation is 1. The van der Waals surface area contributed by atoms with Gasteiger partial charge in [-0.15, -0.1) is 0 Å². The lowest BCUT2D eigenvalue weighted by atomic mass is 9.98. The van der Waals surface area contributed by atoms with Crippen LogP contribution in [0.1, 0.15) is 30.9 Å². The second-order valence-electron chi connectivity index (χ2n) is 3.18. The zero-order chi connectivity index (χ0) is 9.84. The SMILES string of the molecule is CCc1cccc(C(C)C([NH])=O)c1. The van der Waals surface area contributed by atoms with E-state index in [0.29, 0.717) is 0 Å². The van der Waals surface area contributed by atoms with Gasteiger partial charge in [0.1, 0.15) is 0 Å². The Balaban J connectivity index is 2.94. The van der Waals surface area contributed by atoms with Crippen LogP contribution >= 0.6 is 0 Å². The molecule has 1 aromatic carbocycles. The Labute approximate surface area is 78.8 Å². The molecule has 0 aromatic heterocycles. The van der Waals surface area contributed by atoms with E-state index in [9.17, 15) is 4.79 Å². The normalized spacial score (nSPS) is 12.5. The smallest absolute Gasteiger partial charge is 0.245 e. The van der Waals surface area contributed by atoms with E-state index in [-0.39, 0.29) is 5.92 Å². The van der Waals surface area contributed by atoms with Crippen molar-refractivity contribution >= 4 is 5.91 Å². The van der Waals surface area contributed by atoms with Crippen LogP contribution in [0, 0.1) is 0 Å². The van der Waals surface area contributed by atoms with Crippen molar-refractivity contribution in [2.45, 2.75) is 26.2 Å². The Morgan fingerprint density at radius 3 is 2.77 bits per heavy atom. The average molecular weight is 176 g/mol. The number of hydrogen-bond donors (Lipinski definition) is 0. The van der Waals surface area contributed by atoms with Gasteiger partial charge in [-0.05, 0) is 24.5 Å². The molecule has 0 saturated carbocycles. The Morgan fingerprint density at radius 2 is 2.23 bits per heavy atom. The van der Waals surface area contributed by atoms with Gasteiger partial charge in [0.25, 0.3) is 0 Å². The Kier molecular flexibility index (Phi) is 3.07. The van der Waals surface area contributed by atoms with Crippen molar-refractivity contribution in [3.05, 3.63) is 35.4 Å². The van der Waals surface area contributed by atoms with Crippen LogP contribution in [-0.4, -0.2) is 5.91 Å². The van der Waals surface area contributed by atoms with E-state index in [2.05, 4.69) is 6.92 Å². The zero-order valence-corrected chi connectivity index (χ0v) is 8.00. The van der Waals surface area contributed by atoms with Crippen molar-refractivity contribution in [3.63, 3.8) is 0 Å². The van der Waals surface area contributed by atoms with Gasteiger partial charge in [-0.25, -0.2) is 0 Å². The van der Waals surface area contributed by atoms with Gasteiger partial charge >= 0.3 is 0 Å². The van der Waals surface area contributed by atoms with E-state index in [1.165, 1.54) is 5.56 Å². The second kappa shape index (κ2) is 4.08. The molecule has 1 unspecified atom stereocenters. The van der Waals surface area contributed by atoms with Crippen molar-refractivity contribution in [1.82, 2.24) is 5.73 Å². The molecule has 0 aliphatic carbocycles. The van der Waals surface area contributed by atoms with Crippen LogP contribution in [0.25, 0.3) is 0 Å². The highest BCUT2D eigenvalue weighted by Crippen LogP contribution is 2.16. The van der Waals surface area contributed by atoms with Crippen molar-refractivity contribution in [2.75, 3.05) is 0 Å². The Hall–Kier alpha value is -1.31. The Morgan fingerprint density at radius 1 is 1.54 bits per heavy atom. The van der Waals surface area contributed by atoms with Gasteiger partial charge in [0.2, 0.25) is 5.91 Å². The minimum atomic E-state index is -0.520. The van der Waals surface area contributed by atoms with Gasteiger partial charge in [-0.1, -0.05) is 31.2 Å². The zero-order valence-electron chi connectivity index (χ0n) is 8.00. The van der Waals surface area contributed by atoms with E-state index < -0.39 is 5.91 Å². The molecule has 2 heteroatoms. The molecular formula is C11H14NO. The van der Waals surface area contributed by atoms with Crippen LogP contribution in [0.3, 0.4) is 0 Å². The molecule has 2 nitrogen and oxygen atoms in total. The number of benzene rings is 1. The van der Waals surface area contributed by atoms with E-state index in [4.69, 9.17) is 5.73 Å². The minimum Gasteiger partial charge on any atom is -0.273 e. The highest BCUT2D eigenvalue weighted by Gasteiger charge is 2.11. The summed E-state index contributed by atoms with van der Waals surface area (Å²) in [4.78, 5) is 10.8. The van der Waals surface area contributed by atoms with E-state index in [1.807, 2.05) is 24.3 Å². The summed E-state index contributed by atoms with van der Waals surface area (Å²) in [7, 11) is 0. The van der Waals surface area contributed by atoms with Crippen molar-refractivity contribution in [2.24, 2.45) is 0 Å². The van der Waals surface area contributed by atoms with Crippen LogP contribution in [-0.2, 0) is 11.2 Å². The first kappa shape index (κ1) is 9.78. The summed E-state index contributed by atoms with van der Waals surface area (Å²) in [5, 5.41) is 0. The standard InChI is InChI=1S/C11H14NO/c1-3-9-5-4-6-10(7-9)8(2)11(12)13/h4-8,12H,3H2,1-2H3. The fourth-order valence-corrected chi connectivity index (χ4v) is 1.23. The van der Waals surface area contributed by atoms with Crippen LogP contribution in [0.2, 0.25) is 0 Å². The maximum atomic E-state index is 10.8. The van der Waals surface area contributed by atoms with Gasteiger partial charge in [0.15, 0.2) is 0 Å². The first-order chi connectivity index (χ1) is 6.15. The second-order valence-corrected chi connectivity index (χ2v) is 3.18. The molecule has 13 heavy (non-hydrogen) atoms. The van der Waals surface area contributed by atoms with E-state index in [0.717, 1.165) is 12.0 Å². The molecule has 0 aliphatic rings. The molecule has 1 rings (SSSR count). The van der Waals surface area contributed by atoms with Crippen LogP contribution in [0.15, 0.2) is 24.3 Å². The number of rotatable bonds is 3. The molecule has 0 bridgehead atoms. The molecule has 0 aliphatic heterocycles. The van der Waals surface area contributed by atoms with Crippen molar-refractivity contribution < 1.29 is 4.79 Å². The van der Waals surface area contributed by atoms with Gasteiger partial charge in [0, 0.05) is 0 Å². The number of nitrogens with one attached hydrogen (secondary N) is 1. The van der Waals surface area contributed by atoms with E-state index in [1.54, 1.807) is 6.92 Å². The first-order valence-electron chi connectivity index (χ1n) is 4.49. The predicted octanol–water partition coefficient (Wildman–Crippen LogP) is 2.16. The molecule has 1 N–H and O–H groups in total. The topological polar surface area (TPSA) is 40.9 Å². The maximum Gasteiger partial charge on any atom is 0.245 e. The van der Waals surface area contributed by atoms with Gasteiger partial charge in [-0.3, -0.25) is 10.5 Å². The molecule has 1 radical (unpaired) electrons. The third-order valence-electron chi connectivity index (χ3n) is 2.25. The molecule has 0 saturated heterocycles. The molecule has 0 spiro atoms. The summed E-state index contributed by atoms with van der Waals surface area (Å²) in [6, 6.07) is 7.87. The summed E-state index contributed by atoms with van der Waals surface area (Å²) in [6.07, 6.45) is 0.965. The lowest BCUT2D eigenvalue weighted by Crippen LogP contribution is -2.09. The molecule has 1 aromatic rings. The number of hydrogen-bond acceptors (Lipinski definition) is 1. The van der Waals surface area contributed by atoms with Crippen LogP contribution < -0.4 is 5.73 Å². The quantitative estimate of drug-likeness (QED) is 0.695. The average Bonchev–Trinajstić information content (AvgIpc) is 2.16. The Bertz CT molecular complexity index is 307. The first-order valence-corrected chi connectivity index (χ1v) is 4.49. The highest BCUT2D eigenvalue weighted by atomic mass is 16.1. The maximum absolute atomic E-state index is 10.8. The molecule has 1 amide bonds. The molecule has 69 valence electrons. The number of carbonyl (C=O) groups is 1. The van der Waals surface area contributed by atoms with Gasteiger partial charge in [0.05, 0.1) is 5.92 Å². The largest absolute Gasteiger partial charge is 0.273 e. The summed E-state index contributed by atoms with van der Waals surface area (Å²) in [5.74, 6) is -0.820. The molecule has 1 atom stereocenters. The third kappa shape index (κ3) is 2.31. The predicted molar refractivity (Wildman–Crippen MR) is 52.3 cm³/mol. The summed E-state index contributed by atoms with van der Waals surface area (Å²) < 4.78 is 0. The fourth-order valence-electron chi connectivity index (χ4n) is 1.23. The number of carbonyl (C=O) groups excluding carboxylic acids is 1. The monoisotopic (exact) mass is 176 g/mol. The summed E-state index contributed by atoms with van der Waals surface area (Å²) in [6.45, 7) is 3.84. The summed E-state index contributed by atoms with van der Waals surface area (Å²) >= 11 is 0. The molecular weight excluding hydrogens is 162 g/mol. The third-order valence-corrected chi connectivity index (χ3v) is 2.25. The van der Waals surface area contributed by atoms with Crippen LogP contribution in [0.5, 0.6) is 0 Å².